The van der Waals surface area contributed by atoms with Gasteiger partial charge in [0.1, 0.15) is 0 Å². The number of thioether (sulfide) groups is 1. The molecule has 1 atom stereocenters. The molecule has 0 saturated heterocycles. The Hall–Kier alpha value is 0.0700. The van der Waals surface area contributed by atoms with Crippen molar-refractivity contribution < 1.29 is 4.79 Å². The van der Waals surface area contributed by atoms with Gasteiger partial charge in [-0.3, -0.25) is 4.79 Å². The van der Waals surface area contributed by atoms with Crippen molar-refractivity contribution in [2.45, 2.75) is 45.1 Å². The molecule has 0 unspecified atom stereocenters. The Morgan fingerprint density at radius 1 is 1.53 bits per heavy atom. The first-order valence-electron chi connectivity index (χ1n) is 6.16. The van der Waals surface area contributed by atoms with Gasteiger partial charge in [-0.1, -0.05) is 13.3 Å². The largest absolute Gasteiger partial charge is 0.354 e. The third kappa shape index (κ3) is 5.98. The molecule has 0 aromatic heterocycles. The molecule has 3 N–H and O–H groups in total. The third-order valence-corrected chi connectivity index (χ3v) is 3.99. The van der Waals surface area contributed by atoms with Crippen LogP contribution in [0.4, 0.5) is 0 Å². The smallest absolute Gasteiger partial charge is 0.236 e. The molecule has 0 heterocycles. The van der Waals surface area contributed by atoms with E-state index in [4.69, 9.17) is 5.73 Å². The van der Waals surface area contributed by atoms with Crippen LogP contribution >= 0.6 is 24.2 Å². The molecule has 1 rings (SSSR count). The van der Waals surface area contributed by atoms with Gasteiger partial charge >= 0.3 is 0 Å². The Labute approximate surface area is 115 Å². The van der Waals surface area contributed by atoms with Crippen molar-refractivity contribution in [1.82, 2.24) is 5.32 Å². The maximum absolute atomic E-state index is 11.7. The van der Waals surface area contributed by atoms with Crippen molar-refractivity contribution in [2.75, 3.05) is 18.6 Å². The Morgan fingerprint density at radius 2 is 2.18 bits per heavy atom. The number of carbonyl (C=O) groups is 1. The molecule has 102 valence electrons. The van der Waals surface area contributed by atoms with E-state index in [1.165, 1.54) is 25.7 Å². The number of carbonyl (C=O) groups excluding carboxylic acids is 1. The van der Waals surface area contributed by atoms with Crippen LogP contribution in [0.5, 0.6) is 0 Å². The first kappa shape index (κ1) is 17.1. The zero-order valence-corrected chi connectivity index (χ0v) is 12.5. The first-order valence-corrected chi connectivity index (χ1v) is 7.55. The lowest BCUT2D eigenvalue weighted by atomic mass is 10.0. The highest BCUT2D eigenvalue weighted by molar-refractivity contribution is 7.98. The van der Waals surface area contributed by atoms with Gasteiger partial charge in [-0.05, 0) is 43.1 Å². The zero-order chi connectivity index (χ0) is 12.0. The summed E-state index contributed by atoms with van der Waals surface area (Å²) in [4.78, 5) is 11.7. The van der Waals surface area contributed by atoms with E-state index in [0.29, 0.717) is 5.41 Å². The fourth-order valence-electron chi connectivity index (χ4n) is 2.00. The second kappa shape index (κ2) is 8.22. The lowest BCUT2D eigenvalue weighted by Gasteiger charge is -2.17. The van der Waals surface area contributed by atoms with Crippen LogP contribution in [0.1, 0.15) is 39.0 Å². The van der Waals surface area contributed by atoms with Crippen LogP contribution in [0.15, 0.2) is 0 Å². The molecule has 1 fully saturated rings. The van der Waals surface area contributed by atoms with Gasteiger partial charge in [-0.15, -0.1) is 12.4 Å². The van der Waals surface area contributed by atoms with Gasteiger partial charge in [0.25, 0.3) is 0 Å². The summed E-state index contributed by atoms with van der Waals surface area (Å²) in [5.74, 6) is 0.978. The van der Waals surface area contributed by atoms with Crippen molar-refractivity contribution in [1.29, 1.82) is 0 Å². The summed E-state index contributed by atoms with van der Waals surface area (Å²) in [5, 5.41) is 3.01. The van der Waals surface area contributed by atoms with Crippen molar-refractivity contribution >= 4 is 30.1 Å². The van der Waals surface area contributed by atoms with E-state index >= 15 is 0 Å². The highest BCUT2D eigenvalue weighted by Crippen LogP contribution is 2.48. The summed E-state index contributed by atoms with van der Waals surface area (Å²) in [5.41, 5.74) is 6.22. The van der Waals surface area contributed by atoms with Crippen LogP contribution in [0.25, 0.3) is 0 Å². The summed E-state index contributed by atoms with van der Waals surface area (Å²) in [6.07, 6.45) is 7.77. The standard InChI is InChI=1S/C12H24N2OS.ClH/c1-3-5-12(6-7-12)9-14-11(15)10(13)4-8-16-2;/h10H,3-9,13H2,1-2H3,(H,14,15);1H/t10-;/m0./s1. The molecular formula is C12H25ClN2OS. The fourth-order valence-corrected chi connectivity index (χ4v) is 2.49. The highest BCUT2D eigenvalue weighted by Gasteiger charge is 2.41. The number of nitrogens with two attached hydrogens (primary N) is 1. The topological polar surface area (TPSA) is 55.1 Å². The molecule has 3 nitrogen and oxygen atoms in total. The monoisotopic (exact) mass is 280 g/mol. The van der Waals surface area contributed by atoms with E-state index in [2.05, 4.69) is 12.2 Å². The van der Waals surface area contributed by atoms with Crippen LogP contribution < -0.4 is 11.1 Å². The molecule has 0 radical (unpaired) electrons. The molecule has 1 amide bonds. The fraction of sp³-hybridized carbons (Fsp3) is 0.917. The molecule has 0 aromatic rings. The van der Waals surface area contributed by atoms with Gasteiger partial charge in [0.05, 0.1) is 6.04 Å². The summed E-state index contributed by atoms with van der Waals surface area (Å²) < 4.78 is 0. The normalized spacial score (nSPS) is 18.1. The number of halogens is 1. The average Bonchev–Trinajstić information content (AvgIpc) is 3.03. The van der Waals surface area contributed by atoms with Gasteiger partial charge in [0, 0.05) is 6.54 Å². The maximum Gasteiger partial charge on any atom is 0.236 e. The number of hydrogen-bond donors (Lipinski definition) is 2. The summed E-state index contributed by atoms with van der Waals surface area (Å²) in [7, 11) is 0. The van der Waals surface area contributed by atoms with Gasteiger partial charge in [-0.2, -0.15) is 11.8 Å². The van der Waals surface area contributed by atoms with Crippen LogP contribution in [-0.2, 0) is 4.79 Å². The van der Waals surface area contributed by atoms with Crippen LogP contribution in [0.2, 0.25) is 0 Å². The van der Waals surface area contributed by atoms with E-state index in [9.17, 15) is 4.79 Å². The number of rotatable bonds is 8. The lowest BCUT2D eigenvalue weighted by molar-refractivity contribution is -0.122. The van der Waals surface area contributed by atoms with Crippen LogP contribution in [-0.4, -0.2) is 30.5 Å². The van der Waals surface area contributed by atoms with Crippen molar-refractivity contribution in [2.24, 2.45) is 11.1 Å². The summed E-state index contributed by atoms with van der Waals surface area (Å²) in [6.45, 7) is 3.03. The molecule has 17 heavy (non-hydrogen) atoms. The second-order valence-corrected chi connectivity index (χ2v) is 5.84. The van der Waals surface area contributed by atoms with E-state index in [0.717, 1.165) is 18.7 Å². The van der Waals surface area contributed by atoms with Gasteiger partial charge in [-0.25, -0.2) is 0 Å². The summed E-state index contributed by atoms with van der Waals surface area (Å²) >= 11 is 1.73. The zero-order valence-electron chi connectivity index (χ0n) is 10.8. The predicted molar refractivity (Wildman–Crippen MR) is 77.8 cm³/mol. The second-order valence-electron chi connectivity index (χ2n) is 4.86. The van der Waals surface area contributed by atoms with Gasteiger partial charge in [0.15, 0.2) is 0 Å². The third-order valence-electron chi connectivity index (χ3n) is 3.34. The van der Waals surface area contributed by atoms with Gasteiger partial charge < -0.3 is 11.1 Å². The molecule has 0 spiro atoms. The summed E-state index contributed by atoms with van der Waals surface area (Å²) in [6, 6.07) is -0.329. The van der Waals surface area contributed by atoms with Crippen molar-refractivity contribution in [3.8, 4) is 0 Å². The van der Waals surface area contributed by atoms with Crippen LogP contribution in [0, 0.1) is 5.41 Å². The van der Waals surface area contributed by atoms with Gasteiger partial charge in [0.2, 0.25) is 5.91 Å². The van der Waals surface area contributed by atoms with E-state index in [1.807, 2.05) is 6.26 Å². The van der Waals surface area contributed by atoms with Crippen molar-refractivity contribution in [3.05, 3.63) is 0 Å². The molecule has 5 heteroatoms. The number of amides is 1. The molecule has 1 aliphatic carbocycles. The van der Waals surface area contributed by atoms with Crippen molar-refractivity contribution in [3.63, 3.8) is 0 Å². The minimum Gasteiger partial charge on any atom is -0.354 e. The number of hydrogen-bond acceptors (Lipinski definition) is 3. The van der Waals surface area contributed by atoms with E-state index in [-0.39, 0.29) is 24.4 Å². The van der Waals surface area contributed by atoms with Crippen LogP contribution in [0.3, 0.4) is 0 Å². The lowest BCUT2D eigenvalue weighted by Crippen LogP contribution is -2.43. The molecule has 0 aliphatic heterocycles. The quantitative estimate of drug-likeness (QED) is 0.717. The SMILES string of the molecule is CCCC1(CNC(=O)[C@@H](N)CCSC)CC1.Cl. The molecule has 1 saturated carbocycles. The molecule has 1 aliphatic rings. The Morgan fingerprint density at radius 3 is 2.65 bits per heavy atom. The molecule has 0 aromatic carbocycles. The number of nitrogens with one attached hydrogen (secondary N) is 1. The Balaban J connectivity index is 0.00000256. The Bertz CT molecular complexity index is 235. The molecule has 0 bridgehead atoms. The van der Waals surface area contributed by atoms with E-state index < -0.39 is 0 Å². The first-order chi connectivity index (χ1) is 7.63. The minimum atomic E-state index is -0.329. The predicted octanol–water partition coefficient (Wildman–Crippen LogP) is 2.19. The minimum absolute atomic E-state index is 0. The maximum atomic E-state index is 11.7. The van der Waals surface area contributed by atoms with E-state index in [1.54, 1.807) is 11.8 Å². The Kier molecular flexibility index (Phi) is 8.25. The molecular weight excluding hydrogens is 256 g/mol. The average molecular weight is 281 g/mol. The highest BCUT2D eigenvalue weighted by atomic mass is 35.5.